The number of carbonyl (C=O) groups is 3. The van der Waals surface area contributed by atoms with Gasteiger partial charge in [0, 0.05) is 23.4 Å². The molecular weight excluding hydrogens is 280 g/mol. The molecule has 1 aromatic rings. The molecule has 1 aromatic heterocycles. The maximum absolute atomic E-state index is 11.9. The minimum atomic E-state index is -1.04. The predicted octanol–water partition coefficient (Wildman–Crippen LogP) is 1.15. The molecule has 0 aromatic carbocycles. The number of hydrogen-bond donors (Lipinski definition) is 3. The van der Waals surface area contributed by atoms with Crippen LogP contribution in [0.25, 0.3) is 6.08 Å². The normalized spacial score (nSPS) is 12.3. The Labute approximate surface area is 120 Å². The Morgan fingerprint density at radius 2 is 2.15 bits per heavy atom. The molecule has 0 bridgehead atoms. The first-order valence-electron chi connectivity index (χ1n) is 5.90. The zero-order valence-electron chi connectivity index (χ0n) is 11.2. The van der Waals surface area contributed by atoms with Gasteiger partial charge in [-0.25, -0.2) is 4.79 Å². The fourth-order valence-corrected chi connectivity index (χ4v) is 2.55. The fourth-order valence-electron chi connectivity index (χ4n) is 1.57. The number of rotatable bonds is 6. The average Bonchev–Trinajstić information content (AvgIpc) is 2.66. The van der Waals surface area contributed by atoms with Crippen LogP contribution < -0.4 is 11.1 Å². The molecule has 0 aliphatic carbocycles. The average molecular weight is 296 g/mol. The van der Waals surface area contributed by atoms with E-state index in [1.807, 2.05) is 0 Å². The molecule has 108 valence electrons. The van der Waals surface area contributed by atoms with E-state index < -0.39 is 11.9 Å². The number of amides is 2. The Hall–Kier alpha value is -2.15. The molecule has 4 N–H and O–H groups in total. The maximum Gasteiger partial charge on any atom is 0.328 e. The van der Waals surface area contributed by atoms with E-state index in [-0.39, 0.29) is 18.4 Å². The molecule has 1 heterocycles. The molecule has 0 radical (unpaired) electrons. The van der Waals surface area contributed by atoms with Crippen LogP contribution in [0.3, 0.4) is 0 Å². The monoisotopic (exact) mass is 296 g/mol. The number of nitrogens with one attached hydrogen (secondary N) is 1. The summed E-state index contributed by atoms with van der Waals surface area (Å²) in [5.41, 5.74) is 5.87. The van der Waals surface area contributed by atoms with Gasteiger partial charge in [0.25, 0.3) is 5.91 Å². The third kappa shape index (κ3) is 4.85. The summed E-state index contributed by atoms with van der Waals surface area (Å²) < 4.78 is 0. The smallest absolute Gasteiger partial charge is 0.328 e. The predicted molar refractivity (Wildman–Crippen MR) is 76.5 cm³/mol. The molecule has 0 spiro atoms. The molecule has 0 aliphatic heterocycles. The lowest BCUT2D eigenvalue weighted by Gasteiger charge is -2.10. The van der Waals surface area contributed by atoms with E-state index in [4.69, 9.17) is 10.8 Å². The highest BCUT2D eigenvalue weighted by Crippen LogP contribution is 2.23. The summed E-state index contributed by atoms with van der Waals surface area (Å²) in [5, 5.41) is 11.2. The van der Waals surface area contributed by atoms with Crippen molar-refractivity contribution in [2.24, 2.45) is 5.73 Å². The van der Waals surface area contributed by atoms with Crippen molar-refractivity contribution in [3.05, 3.63) is 27.5 Å². The van der Waals surface area contributed by atoms with Gasteiger partial charge < -0.3 is 16.2 Å². The molecule has 1 unspecified atom stereocenters. The summed E-state index contributed by atoms with van der Waals surface area (Å²) in [6, 6.07) is 1.33. The number of nitrogens with two attached hydrogens (primary N) is 1. The molecule has 0 saturated heterocycles. The number of hydrogen-bond acceptors (Lipinski definition) is 4. The Morgan fingerprint density at radius 3 is 2.70 bits per heavy atom. The van der Waals surface area contributed by atoms with E-state index in [9.17, 15) is 14.4 Å². The van der Waals surface area contributed by atoms with E-state index in [1.165, 1.54) is 17.4 Å². The van der Waals surface area contributed by atoms with Crippen LogP contribution in [0.4, 0.5) is 0 Å². The van der Waals surface area contributed by atoms with Gasteiger partial charge in [-0.05, 0) is 31.6 Å². The number of carbonyl (C=O) groups excluding carboxylic acids is 2. The first-order chi connectivity index (χ1) is 9.29. The highest BCUT2D eigenvalue weighted by Gasteiger charge is 2.15. The molecule has 0 fully saturated rings. The lowest BCUT2D eigenvalue weighted by Crippen LogP contribution is -2.35. The van der Waals surface area contributed by atoms with Crippen molar-refractivity contribution in [1.29, 1.82) is 0 Å². The molecule has 2 amide bonds. The second kappa shape index (κ2) is 6.85. The number of aliphatic carboxylic acids is 1. The van der Waals surface area contributed by atoms with Gasteiger partial charge in [-0.15, -0.1) is 11.3 Å². The van der Waals surface area contributed by atoms with Crippen LogP contribution in [0.1, 0.15) is 33.5 Å². The first kappa shape index (κ1) is 15.9. The molecule has 7 heteroatoms. The van der Waals surface area contributed by atoms with Gasteiger partial charge in [0.15, 0.2) is 0 Å². The summed E-state index contributed by atoms with van der Waals surface area (Å²) in [6.07, 6.45) is 2.55. The van der Waals surface area contributed by atoms with Crippen molar-refractivity contribution < 1.29 is 19.5 Å². The van der Waals surface area contributed by atoms with Crippen LogP contribution in [-0.2, 0) is 9.59 Å². The lowest BCUT2D eigenvalue weighted by atomic mass is 10.2. The molecular formula is C13H16N2O4S. The molecule has 1 rings (SSSR count). The highest BCUT2D eigenvalue weighted by atomic mass is 32.1. The minimum Gasteiger partial charge on any atom is -0.478 e. The fraction of sp³-hybridized carbons (Fsp3) is 0.308. The topological polar surface area (TPSA) is 109 Å². The molecule has 1 atom stereocenters. The van der Waals surface area contributed by atoms with Crippen molar-refractivity contribution in [2.45, 2.75) is 26.3 Å². The van der Waals surface area contributed by atoms with Crippen LogP contribution in [0, 0.1) is 6.92 Å². The standard InChI is InChI=1S/C13H16N2O4S/c1-7-5-10(20-9(7)3-4-12(17)18)13(19)15-8(2)6-11(14)16/h3-5,8H,6H2,1-2H3,(H2,14,16)(H,15,19)(H,17,18)/b4-3+. The lowest BCUT2D eigenvalue weighted by molar-refractivity contribution is -0.131. The zero-order valence-corrected chi connectivity index (χ0v) is 12.0. The maximum atomic E-state index is 11.9. The van der Waals surface area contributed by atoms with Gasteiger partial charge in [-0.1, -0.05) is 0 Å². The number of thiophene rings is 1. The summed E-state index contributed by atoms with van der Waals surface area (Å²) in [5.74, 6) is -1.83. The third-order valence-electron chi connectivity index (χ3n) is 2.44. The van der Waals surface area contributed by atoms with Crippen LogP contribution in [-0.4, -0.2) is 28.9 Å². The van der Waals surface area contributed by atoms with Gasteiger partial charge in [-0.3, -0.25) is 9.59 Å². The summed E-state index contributed by atoms with van der Waals surface area (Å²) in [6.45, 7) is 3.48. The van der Waals surface area contributed by atoms with Gasteiger partial charge >= 0.3 is 5.97 Å². The second-order valence-corrected chi connectivity index (χ2v) is 5.46. The van der Waals surface area contributed by atoms with E-state index in [0.29, 0.717) is 9.75 Å². The Morgan fingerprint density at radius 1 is 1.50 bits per heavy atom. The molecule has 6 nitrogen and oxygen atoms in total. The van der Waals surface area contributed by atoms with Crippen LogP contribution >= 0.6 is 11.3 Å². The van der Waals surface area contributed by atoms with Crippen molar-refractivity contribution in [3.63, 3.8) is 0 Å². The van der Waals surface area contributed by atoms with Gasteiger partial charge in [0.05, 0.1) is 4.88 Å². The van der Waals surface area contributed by atoms with Crippen molar-refractivity contribution in [1.82, 2.24) is 5.32 Å². The number of carboxylic acids is 1. The van der Waals surface area contributed by atoms with E-state index in [1.54, 1.807) is 19.9 Å². The van der Waals surface area contributed by atoms with E-state index in [2.05, 4.69) is 5.32 Å². The summed E-state index contributed by atoms with van der Waals surface area (Å²) >= 11 is 1.19. The Balaban J connectivity index is 2.77. The van der Waals surface area contributed by atoms with Crippen LogP contribution in [0.2, 0.25) is 0 Å². The SMILES string of the molecule is Cc1cc(C(=O)NC(C)CC(N)=O)sc1/C=C/C(=O)O. The first-order valence-corrected chi connectivity index (χ1v) is 6.72. The van der Waals surface area contributed by atoms with Gasteiger partial charge in [0.1, 0.15) is 0 Å². The van der Waals surface area contributed by atoms with Gasteiger partial charge in [-0.2, -0.15) is 0 Å². The van der Waals surface area contributed by atoms with Crippen molar-refractivity contribution >= 4 is 35.2 Å². The zero-order chi connectivity index (χ0) is 15.3. The largest absolute Gasteiger partial charge is 0.478 e. The third-order valence-corrected chi connectivity index (χ3v) is 3.64. The second-order valence-electron chi connectivity index (χ2n) is 4.37. The Kier molecular flexibility index (Phi) is 5.45. The van der Waals surface area contributed by atoms with E-state index in [0.717, 1.165) is 11.6 Å². The number of carboxylic acid groups (broad SMARTS) is 1. The molecule has 0 aliphatic rings. The van der Waals surface area contributed by atoms with Crippen LogP contribution in [0.15, 0.2) is 12.1 Å². The van der Waals surface area contributed by atoms with E-state index >= 15 is 0 Å². The van der Waals surface area contributed by atoms with Crippen molar-refractivity contribution in [3.8, 4) is 0 Å². The van der Waals surface area contributed by atoms with Crippen LogP contribution in [0.5, 0.6) is 0 Å². The Bertz CT molecular complexity index is 563. The number of aryl methyl sites for hydroxylation is 1. The van der Waals surface area contributed by atoms with Gasteiger partial charge in [0.2, 0.25) is 5.91 Å². The molecule has 20 heavy (non-hydrogen) atoms. The minimum absolute atomic E-state index is 0.0713. The molecule has 0 saturated carbocycles. The summed E-state index contributed by atoms with van der Waals surface area (Å²) in [7, 11) is 0. The van der Waals surface area contributed by atoms with Crippen molar-refractivity contribution in [2.75, 3.05) is 0 Å². The number of primary amides is 1. The highest BCUT2D eigenvalue weighted by molar-refractivity contribution is 7.15. The quantitative estimate of drug-likeness (QED) is 0.684. The summed E-state index contributed by atoms with van der Waals surface area (Å²) in [4.78, 5) is 34.3.